The van der Waals surface area contributed by atoms with E-state index in [0.29, 0.717) is 11.3 Å². The van der Waals surface area contributed by atoms with Crippen molar-refractivity contribution in [3.63, 3.8) is 0 Å². The topological polar surface area (TPSA) is 79.0 Å². The molecule has 0 aliphatic carbocycles. The minimum Gasteiger partial charge on any atom is -0.495 e. The first kappa shape index (κ1) is 20.9. The standard InChI is InChI=1S/C22H18ClF2N3O3/c1-29-17-8-14(10-27-11-17)13-3-2-4-15(7-13)22(12-30-21(26)28-22)16-5-6-19(18(23)9-16)31-20(24)25/h2-11,20H,12H2,1H3,(H2,26,28)/t22-/m0/s1. The number of hydrogen-bond donors (Lipinski definition) is 1. The first-order valence-electron chi connectivity index (χ1n) is 9.24. The molecule has 1 aliphatic rings. The first-order chi connectivity index (χ1) is 14.9. The normalized spacial score (nSPS) is 17.9. The van der Waals surface area contributed by atoms with Gasteiger partial charge < -0.3 is 19.9 Å². The van der Waals surface area contributed by atoms with Crippen LogP contribution in [0.5, 0.6) is 11.5 Å². The van der Waals surface area contributed by atoms with Crippen LogP contribution in [0.15, 0.2) is 65.9 Å². The van der Waals surface area contributed by atoms with Gasteiger partial charge in [-0.25, -0.2) is 4.99 Å². The van der Waals surface area contributed by atoms with Gasteiger partial charge in [0.05, 0.1) is 18.3 Å². The Balaban J connectivity index is 1.80. The number of hydrogen-bond acceptors (Lipinski definition) is 6. The molecule has 0 bridgehead atoms. The minimum absolute atomic E-state index is 0.0254. The summed E-state index contributed by atoms with van der Waals surface area (Å²) >= 11 is 6.20. The van der Waals surface area contributed by atoms with E-state index < -0.39 is 12.2 Å². The van der Waals surface area contributed by atoms with Gasteiger partial charge in [0.1, 0.15) is 18.1 Å². The van der Waals surface area contributed by atoms with Crippen LogP contribution < -0.4 is 15.2 Å². The third kappa shape index (κ3) is 4.11. The third-order valence-electron chi connectivity index (χ3n) is 4.98. The Morgan fingerprint density at radius 3 is 2.58 bits per heavy atom. The molecular weight excluding hydrogens is 428 g/mol. The Morgan fingerprint density at radius 2 is 1.90 bits per heavy atom. The number of nitrogens with zero attached hydrogens (tertiary/aromatic N) is 2. The van der Waals surface area contributed by atoms with E-state index in [1.165, 1.54) is 12.1 Å². The van der Waals surface area contributed by atoms with Crippen molar-refractivity contribution >= 4 is 17.6 Å². The van der Waals surface area contributed by atoms with E-state index in [2.05, 4.69) is 14.7 Å². The number of pyridine rings is 1. The van der Waals surface area contributed by atoms with E-state index in [0.717, 1.165) is 16.7 Å². The van der Waals surface area contributed by atoms with Crippen molar-refractivity contribution in [3.8, 4) is 22.6 Å². The minimum atomic E-state index is -2.98. The van der Waals surface area contributed by atoms with E-state index >= 15 is 0 Å². The number of aromatic nitrogens is 1. The molecule has 0 fully saturated rings. The highest BCUT2D eigenvalue weighted by Gasteiger charge is 2.40. The number of alkyl halides is 2. The predicted molar refractivity (Wildman–Crippen MR) is 113 cm³/mol. The van der Waals surface area contributed by atoms with E-state index in [1.54, 1.807) is 25.6 Å². The molecule has 0 spiro atoms. The molecule has 1 aromatic heterocycles. The second-order valence-electron chi connectivity index (χ2n) is 6.82. The van der Waals surface area contributed by atoms with Crippen LogP contribution in [-0.4, -0.2) is 31.3 Å². The summed E-state index contributed by atoms with van der Waals surface area (Å²) in [5.41, 5.74) is 7.99. The fourth-order valence-electron chi connectivity index (χ4n) is 3.49. The average Bonchev–Trinajstić information content (AvgIpc) is 3.18. The molecule has 6 nitrogen and oxygen atoms in total. The molecule has 0 amide bonds. The van der Waals surface area contributed by atoms with Gasteiger partial charge in [-0.3, -0.25) is 4.98 Å². The van der Waals surface area contributed by atoms with Crippen molar-refractivity contribution < 1.29 is 23.0 Å². The SMILES string of the molecule is COc1cncc(-c2cccc([C@]3(c4ccc(OC(F)F)c(Cl)c4)COC(N)=N3)c2)c1. The van der Waals surface area contributed by atoms with Crippen molar-refractivity contribution in [3.05, 3.63) is 77.1 Å². The lowest BCUT2D eigenvalue weighted by atomic mass is 9.83. The third-order valence-corrected chi connectivity index (χ3v) is 5.27. The fourth-order valence-corrected chi connectivity index (χ4v) is 3.71. The molecule has 9 heteroatoms. The maximum Gasteiger partial charge on any atom is 0.387 e. The second-order valence-corrected chi connectivity index (χ2v) is 7.22. The van der Waals surface area contributed by atoms with Crippen LogP contribution in [-0.2, 0) is 10.3 Å². The zero-order chi connectivity index (χ0) is 22.0. The molecule has 1 atom stereocenters. The monoisotopic (exact) mass is 445 g/mol. The Bertz CT molecular complexity index is 1140. The molecule has 4 rings (SSSR count). The van der Waals surface area contributed by atoms with E-state index in [-0.39, 0.29) is 23.4 Å². The van der Waals surface area contributed by atoms with Crippen molar-refractivity contribution in [1.29, 1.82) is 0 Å². The molecule has 2 heterocycles. The summed E-state index contributed by atoms with van der Waals surface area (Å²) in [4.78, 5) is 8.75. The summed E-state index contributed by atoms with van der Waals surface area (Å²) in [6.45, 7) is -2.85. The number of halogens is 3. The van der Waals surface area contributed by atoms with Crippen molar-refractivity contribution in [1.82, 2.24) is 4.98 Å². The number of amidine groups is 1. The predicted octanol–water partition coefficient (Wildman–Crippen LogP) is 4.60. The maximum absolute atomic E-state index is 12.6. The highest BCUT2D eigenvalue weighted by atomic mass is 35.5. The largest absolute Gasteiger partial charge is 0.495 e. The van der Waals surface area contributed by atoms with Crippen LogP contribution in [0.25, 0.3) is 11.1 Å². The number of rotatable bonds is 6. The lowest BCUT2D eigenvalue weighted by Crippen LogP contribution is -2.27. The van der Waals surface area contributed by atoms with Gasteiger partial charge >= 0.3 is 6.61 Å². The molecular formula is C22H18ClF2N3O3. The van der Waals surface area contributed by atoms with Crippen LogP contribution in [0, 0.1) is 0 Å². The molecule has 0 radical (unpaired) electrons. The molecule has 31 heavy (non-hydrogen) atoms. The van der Waals surface area contributed by atoms with Gasteiger partial charge in [-0.15, -0.1) is 0 Å². The van der Waals surface area contributed by atoms with Gasteiger partial charge in [-0.2, -0.15) is 8.78 Å². The summed E-state index contributed by atoms with van der Waals surface area (Å²) in [5, 5.41) is 0.0333. The number of methoxy groups -OCH3 is 1. The maximum atomic E-state index is 12.6. The first-order valence-corrected chi connectivity index (χ1v) is 9.62. The van der Waals surface area contributed by atoms with Crippen molar-refractivity contribution in [2.75, 3.05) is 13.7 Å². The zero-order valence-electron chi connectivity index (χ0n) is 16.4. The number of aliphatic imine (C=N–C) groups is 1. The van der Waals surface area contributed by atoms with Crippen LogP contribution in [0.4, 0.5) is 8.78 Å². The molecule has 2 aromatic carbocycles. The molecule has 160 valence electrons. The quantitative estimate of drug-likeness (QED) is 0.600. The van der Waals surface area contributed by atoms with E-state index in [9.17, 15) is 8.78 Å². The van der Waals surface area contributed by atoms with Crippen molar-refractivity contribution in [2.45, 2.75) is 12.2 Å². The van der Waals surface area contributed by atoms with E-state index in [4.69, 9.17) is 26.8 Å². The Labute approximate surface area is 182 Å². The number of ether oxygens (including phenoxy) is 3. The average molecular weight is 446 g/mol. The fraction of sp³-hybridized carbons (Fsp3) is 0.182. The molecule has 0 saturated carbocycles. The Kier molecular flexibility index (Phi) is 5.65. The molecule has 1 aliphatic heterocycles. The van der Waals surface area contributed by atoms with Gasteiger partial charge in [0.25, 0.3) is 6.02 Å². The summed E-state index contributed by atoms with van der Waals surface area (Å²) in [5.74, 6) is 0.508. The number of benzene rings is 2. The Morgan fingerprint density at radius 1 is 1.10 bits per heavy atom. The van der Waals surface area contributed by atoms with Crippen LogP contribution in [0.1, 0.15) is 11.1 Å². The molecule has 3 aromatic rings. The summed E-state index contributed by atoms with van der Waals surface area (Å²) in [7, 11) is 1.57. The lowest BCUT2D eigenvalue weighted by molar-refractivity contribution is -0.0498. The highest BCUT2D eigenvalue weighted by molar-refractivity contribution is 6.32. The van der Waals surface area contributed by atoms with E-state index in [1.807, 2.05) is 30.3 Å². The Hall–Kier alpha value is -3.39. The smallest absolute Gasteiger partial charge is 0.387 e. The zero-order valence-corrected chi connectivity index (χ0v) is 17.1. The summed E-state index contributed by atoms with van der Waals surface area (Å²) in [6, 6.07) is 14.1. The van der Waals surface area contributed by atoms with Gasteiger partial charge in [-0.1, -0.05) is 35.9 Å². The highest BCUT2D eigenvalue weighted by Crippen LogP contribution is 2.41. The summed E-state index contributed by atoms with van der Waals surface area (Å²) in [6.07, 6.45) is 3.35. The number of nitrogens with two attached hydrogens (primary N) is 1. The molecule has 0 unspecified atom stereocenters. The van der Waals surface area contributed by atoms with Gasteiger partial charge in [0.2, 0.25) is 0 Å². The molecule has 0 saturated heterocycles. The lowest BCUT2D eigenvalue weighted by Gasteiger charge is -2.26. The van der Waals surface area contributed by atoms with Gasteiger partial charge in [-0.05, 0) is 41.0 Å². The molecule has 2 N–H and O–H groups in total. The van der Waals surface area contributed by atoms with Crippen LogP contribution >= 0.6 is 11.6 Å². The van der Waals surface area contributed by atoms with Gasteiger partial charge in [0.15, 0.2) is 5.54 Å². The summed E-state index contributed by atoms with van der Waals surface area (Å²) < 4.78 is 40.4. The van der Waals surface area contributed by atoms with Gasteiger partial charge in [0, 0.05) is 11.8 Å². The second kappa shape index (κ2) is 8.39. The van der Waals surface area contributed by atoms with Crippen LogP contribution in [0.2, 0.25) is 5.02 Å². The van der Waals surface area contributed by atoms with Crippen LogP contribution in [0.3, 0.4) is 0 Å². The van der Waals surface area contributed by atoms with Crippen molar-refractivity contribution in [2.24, 2.45) is 10.7 Å².